The van der Waals surface area contributed by atoms with Crippen LogP contribution in [0.3, 0.4) is 0 Å². The van der Waals surface area contributed by atoms with Crippen molar-refractivity contribution in [3.8, 4) is 0 Å². The minimum Gasteiger partial charge on any atom is -0.379 e. The van der Waals surface area contributed by atoms with Crippen molar-refractivity contribution in [3.63, 3.8) is 0 Å². The Hall–Kier alpha value is -0.800. The highest BCUT2D eigenvalue weighted by molar-refractivity contribution is 4.60. The summed E-state index contributed by atoms with van der Waals surface area (Å²) >= 11 is 0. The van der Waals surface area contributed by atoms with E-state index in [1.54, 1.807) is 0 Å². The molecule has 0 rings (SSSR count). The first-order chi connectivity index (χ1) is 35.9. The van der Waals surface area contributed by atoms with E-state index >= 15 is 0 Å². The predicted octanol–water partition coefficient (Wildman–Crippen LogP) is 6.52. The SMILES string of the molecule is CCOCC(C)OCC(C)OCC(C)OCC(C)OCC(C)OCC(C)OCC(C)OCC(C)OCC.CCOCCOCC.CCOCCOCCOCCOCCOCCOCCOCCOCCOCC. The van der Waals surface area contributed by atoms with Crippen LogP contribution < -0.4 is 0 Å². The van der Waals surface area contributed by atoms with Crippen molar-refractivity contribution in [1.29, 1.82) is 0 Å². The van der Waals surface area contributed by atoms with Gasteiger partial charge in [-0.15, -0.1) is 0 Å². The van der Waals surface area contributed by atoms with Crippen LogP contribution in [0.5, 0.6) is 0 Å². The molecule has 8 unspecified atom stereocenters. The molecule has 20 nitrogen and oxygen atoms in total. The van der Waals surface area contributed by atoms with Gasteiger partial charge in [0.2, 0.25) is 0 Å². The molecule has 0 N–H and O–H groups in total. The molecular weight excluding hydrogens is 969 g/mol. The Morgan fingerprint density at radius 1 is 0.162 bits per heavy atom. The molecule has 0 aromatic heterocycles. The fourth-order valence-electron chi connectivity index (χ4n) is 5.40. The highest BCUT2D eigenvalue weighted by Gasteiger charge is 2.15. The Morgan fingerprint density at radius 3 is 0.473 bits per heavy atom. The highest BCUT2D eigenvalue weighted by Crippen LogP contribution is 2.06. The van der Waals surface area contributed by atoms with Gasteiger partial charge in [0, 0.05) is 39.6 Å². The minimum atomic E-state index is -0.0422. The molecule has 0 saturated heterocycles. The standard InChI is InChI=1S/C28H58O9.C20H42O9.C6H14O2/c1-11-29-13-21(3)31-15-23(5)33-17-25(7)35-19-27(9)37-20-28(10)36-18-26(8)34-16-24(6)32-14-22(4)30-12-2;1-3-21-5-7-23-9-11-25-13-15-27-17-19-29-20-18-28-16-14-26-12-10-24-8-6-22-4-2;1-3-7-5-6-8-4-2/h21-28H,11-20H2,1-10H3;3-20H2,1-2H3;3-6H2,1-2H3. The number of ether oxygens (including phenoxy) is 20. The minimum absolute atomic E-state index is 0.00523. The molecular formula is C54H114O20. The lowest BCUT2D eigenvalue weighted by Gasteiger charge is -2.23. The Morgan fingerprint density at radius 2 is 0.311 bits per heavy atom. The van der Waals surface area contributed by atoms with Crippen molar-refractivity contribution in [2.45, 2.75) is 146 Å². The van der Waals surface area contributed by atoms with Crippen molar-refractivity contribution in [3.05, 3.63) is 0 Å². The zero-order valence-electron chi connectivity index (χ0n) is 49.4. The van der Waals surface area contributed by atoms with E-state index in [-0.39, 0.29) is 48.8 Å². The van der Waals surface area contributed by atoms with Crippen LogP contribution >= 0.6 is 0 Å². The Balaban J connectivity index is -0.00000121. The van der Waals surface area contributed by atoms with Crippen LogP contribution in [0, 0.1) is 0 Å². The molecule has 0 aromatic rings. The van der Waals surface area contributed by atoms with Crippen LogP contribution in [0.1, 0.15) is 96.9 Å². The van der Waals surface area contributed by atoms with Gasteiger partial charge in [0.15, 0.2) is 0 Å². The summed E-state index contributed by atoms with van der Waals surface area (Å²) in [6.07, 6.45) is 0.00404. The Kier molecular flexibility index (Phi) is 67.7. The maximum atomic E-state index is 5.89. The molecule has 0 fully saturated rings. The molecule has 450 valence electrons. The molecule has 0 aromatic carbocycles. The van der Waals surface area contributed by atoms with Gasteiger partial charge in [0.05, 0.1) is 221 Å². The van der Waals surface area contributed by atoms with Crippen LogP contribution in [0.2, 0.25) is 0 Å². The van der Waals surface area contributed by atoms with E-state index in [0.717, 1.165) is 39.6 Å². The lowest BCUT2D eigenvalue weighted by atomic mass is 10.3. The average Bonchev–Trinajstić information content (AvgIpc) is 3.39. The molecule has 0 aliphatic carbocycles. The van der Waals surface area contributed by atoms with Gasteiger partial charge in [0.1, 0.15) is 0 Å². The first kappa shape index (κ1) is 77.4. The molecule has 74 heavy (non-hydrogen) atoms. The lowest BCUT2D eigenvalue weighted by Crippen LogP contribution is -2.30. The van der Waals surface area contributed by atoms with E-state index in [1.807, 2.05) is 96.9 Å². The summed E-state index contributed by atoms with van der Waals surface area (Å²) in [7, 11) is 0. The second kappa shape index (κ2) is 64.7. The van der Waals surface area contributed by atoms with Gasteiger partial charge < -0.3 is 94.7 Å². The number of rotatable bonds is 57. The zero-order chi connectivity index (χ0) is 55.4. The molecule has 0 heterocycles. The number of hydrogen-bond acceptors (Lipinski definition) is 20. The van der Waals surface area contributed by atoms with Crippen LogP contribution in [0.25, 0.3) is 0 Å². The predicted molar refractivity (Wildman–Crippen MR) is 287 cm³/mol. The quantitative estimate of drug-likeness (QED) is 0.0599. The van der Waals surface area contributed by atoms with Gasteiger partial charge in [0.25, 0.3) is 0 Å². The largest absolute Gasteiger partial charge is 0.379 e. The summed E-state index contributed by atoms with van der Waals surface area (Å²) in [6, 6.07) is 0. The molecule has 0 amide bonds. The molecule has 0 radical (unpaired) electrons. The lowest BCUT2D eigenvalue weighted by molar-refractivity contribution is -0.109. The van der Waals surface area contributed by atoms with E-state index in [1.165, 1.54) is 0 Å². The van der Waals surface area contributed by atoms with E-state index in [9.17, 15) is 0 Å². The summed E-state index contributed by atoms with van der Waals surface area (Å²) in [6.45, 7) is 47.0. The normalized spacial score (nSPS) is 14.8. The third-order valence-electron chi connectivity index (χ3n) is 9.48. The molecule has 0 saturated carbocycles. The van der Waals surface area contributed by atoms with Gasteiger partial charge in [-0.05, 0) is 96.9 Å². The van der Waals surface area contributed by atoms with E-state index in [0.29, 0.717) is 172 Å². The van der Waals surface area contributed by atoms with E-state index < -0.39 is 0 Å². The first-order valence-corrected chi connectivity index (χ1v) is 27.8. The van der Waals surface area contributed by atoms with Crippen LogP contribution in [0.4, 0.5) is 0 Å². The molecule has 0 spiro atoms. The molecule has 0 bridgehead atoms. The van der Waals surface area contributed by atoms with Gasteiger partial charge in [-0.25, -0.2) is 0 Å². The number of hydrogen-bond donors (Lipinski definition) is 0. The maximum absolute atomic E-state index is 5.89. The zero-order valence-corrected chi connectivity index (χ0v) is 49.4. The average molecular weight is 1080 g/mol. The smallest absolute Gasteiger partial charge is 0.0781 e. The van der Waals surface area contributed by atoms with Crippen molar-refractivity contribution in [1.82, 2.24) is 0 Å². The monoisotopic (exact) mass is 1080 g/mol. The molecule has 8 atom stereocenters. The van der Waals surface area contributed by atoms with Gasteiger partial charge in [-0.1, -0.05) is 0 Å². The van der Waals surface area contributed by atoms with Crippen molar-refractivity contribution < 1.29 is 94.7 Å². The van der Waals surface area contributed by atoms with Crippen molar-refractivity contribution in [2.75, 3.05) is 211 Å². The fraction of sp³-hybridized carbons (Fsp3) is 1.00. The van der Waals surface area contributed by atoms with Crippen molar-refractivity contribution in [2.24, 2.45) is 0 Å². The van der Waals surface area contributed by atoms with Crippen LogP contribution in [-0.4, -0.2) is 260 Å². The Labute approximate surface area is 450 Å². The van der Waals surface area contributed by atoms with Gasteiger partial charge in [-0.3, -0.25) is 0 Å². The summed E-state index contributed by atoms with van der Waals surface area (Å²) in [5.74, 6) is 0. The van der Waals surface area contributed by atoms with Gasteiger partial charge >= 0.3 is 0 Å². The molecule has 0 aliphatic heterocycles. The van der Waals surface area contributed by atoms with Crippen LogP contribution in [-0.2, 0) is 94.7 Å². The topological polar surface area (TPSA) is 185 Å². The Bertz CT molecular complexity index is 980. The van der Waals surface area contributed by atoms with Gasteiger partial charge in [-0.2, -0.15) is 0 Å². The summed E-state index contributed by atoms with van der Waals surface area (Å²) in [4.78, 5) is 0. The summed E-state index contributed by atoms with van der Waals surface area (Å²) < 4.78 is 110. The maximum Gasteiger partial charge on any atom is 0.0781 e. The van der Waals surface area contributed by atoms with E-state index in [4.69, 9.17) is 94.7 Å². The second-order valence-corrected chi connectivity index (χ2v) is 17.0. The molecule has 20 heteroatoms. The fourth-order valence-corrected chi connectivity index (χ4v) is 5.40. The second-order valence-electron chi connectivity index (χ2n) is 17.0. The van der Waals surface area contributed by atoms with Crippen LogP contribution in [0.15, 0.2) is 0 Å². The van der Waals surface area contributed by atoms with E-state index in [2.05, 4.69) is 0 Å². The third-order valence-corrected chi connectivity index (χ3v) is 9.48. The summed E-state index contributed by atoms with van der Waals surface area (Å²) in [5.41, 5.74) is 0. The van der Waals surface area contributed by atoms with Crippen molar-refractivity contribution >= 4 is 0 Å². The highest BCUT2D eigenvalue weighted by atomic mass is 16.6. The molecule has 0 aliphatic rings. The first-order valence-electron chi connectivity index (χ1n) is 27.8. The summed E-state index contributed by atoms with van der Waals surface area (Å²) in [5, 5.41) is 0. The third kappa shape index (κ3) is 67.3.